The van der Waals surface area contributed by atoms with Crippen LogP contribution >= 0.6 is 11.3 Å². The van der Waals surface area contributed by atoms with Crippen LogP contribution < -0.4 is 15.6 Å². The van der Waals surface area contributed by atoms with Gasteiger partial charge in [-0.25, -0.2) is 4.98 Å². The number of anilines is 2. The van der Waals surface area contributed by atoms with Crippen LogP contribution in [-0.2, 0) is 17.8 Å². The molecular weight excluding hydrogens is 320 g/mol. The van der Waals surface area contributed by atoms with Crippen LogP contribution in [0.15, 0.2) is 0 Å². The third-order valence-electron chi connectivity index (χ3n) is 5.11. The van der Waals surface area contributed by atoms with E-state index in [0.29, 0.717) is 17.2 Å². The molecule has 4 rings (SSSR count). The van der Waals surface area contributed by atoms with Crippen LogP contribution in [0.1, 0.15) is 49.1 Å². The molecule has 2 aliphatic heterocycles. The summed E-state index contributed by atoms with van der Waals surface area (Å²) in [5.74, 6) is 1.17. The van der Waals surface area contributed by atoms with Gasteiger partial charge in [-0.2, -0.15) is 5.26 Å². The summed E-state index contributed by atoms with van der Waals surface area (Å²) >= 11 is 1.47. The Bertz CT molecular complexity index is 843. The lowest BCUT2D eigenvalue weighted by Crippen LogP contribution is -2.39. The van der Waals surface area contributed by atoms with Crippen molar-refractivity contribution in [3.63, 3.8) is 0 Å². The smallest absolute Gasteiger partial charge is 0.281 e. The molecule has 4 heterocycles. The van der Waals surface area contributed by atoms with Gasteiger partial charge < -0.3 is 10.5 Å². The number of nitrogen functional groups attached to an aromatic ring is 1. The number of nitrogens with two attached hydrogens (primary N) is 1. The number of pyridine rings is 1. The van der Waals surface area contributed by atoms with Crippen molar-refractivity contribution in [1.29, 1.82) is 5.26 Å². The highest BCUT2D eigenvalue weighted by Crippen LogP contribution is 2.41. The summed E-state index contributed by atoms with van der Waals surface area (Å²) in [5, 5.41) is 10.4. The first kappa shape index (κ1) is 15.7. The van der Waals surface area contributed by atoms with Crippen molar-refractivity contribution >= 4 is 33.1 Å². The Morgan fingerprint density at radius 2 is 2.00 bits per heavy atom. The molecule has 0 radical (unpaired) electrons. The highest BCUT2D eigenvalue weighted by molar-refractivity contribution is 7.19. The van der Waals surface area contributed by atoms with Gasteiger partial charge in [0.2, 0.25) is 0 Å². The Morgan fingerprint density at radius 3 is 2.71 bits per heavy atom. The van der Waals surface area contributed by atoms with Crippen LogP contribution in [0.5, 0.6) is 0 Å². The lowest BCUT2D eigenvalue weighted by molar-refractivity contribution is -0.329. The fraction of sp³-hybridized carbons (Fsp3) is 0.556. The molecule has 0 bridgehead atoms. The number of aromatic amines is 1. The van der Waals surface area contributed by atoms with Gasteiger partial charge in [-0.05, 0) is 38.7 Å². The molecule has 2 aromatic heterocycles. The van der Waals surface area contributed by atoms with E-state index in [1.54, 1.807) is 0 Å². The fourth-order valence-electron chi connectivity index (χ4n) is 3.87. The maximum atomic E-state index is 9.38. The first-order chi connectivity index (χ1) is 11.5. The minimum Gasteiger partial charge on any atom is -0.396 e. The number of nitrogens with one attached hydrogen (secondary N) is 1. The average Bonchev–Trinajstić information content (AvgIpc) is 2.90. The van der Waals surface area contributed by atoms with Crippen molar-refractivity contribution in [1.82, 2.24) is 0 Å². The second-order valence-electron chi connectivity index (χ2n) is 7.36. The van der Waals surface area contributed by atoms with Crippen LogP contribution in [0.4, 0.5) is 11.5 Å². The van der Waals surface area contributed by atoms with Crippen LogP contribution in [0.2, 0.25) is 0 Å². The number of rotatable bonds is 1. The SMILES string of the molecule is CC1(C)Cc2c(c(N3CCCCC3)[nH+]c3sc(C#N)c(N)c23)CO1. The van der Waals surface area contributed by atoms with Crippen molar-refractivity contribution in [2.75, 3.05) is 23.7 Å². The summed E-state index contributed by atoms with van der Waals surface area (Å²) in [4.78, 5) is 7.63. The Balaban J connectivity index is 1.96. The lowest BCUT2D eigenvalue weighted by Gasteiger charge is -2.33. The van der Waals surface area contributed by atoms with Gasteiger partial charge >= 0.3 is 0 Å². The normalized spacial score (nSPS) is 20.0. The number of nitriles is 1. The number of aromatic nitrogens is 1. The van der Waals surface area contributed by atoms with Gasteiger partial charge in [0.25, 0.3) is 5.82 Å². The van der Waals surface area contributed by atoms with Gasteiger partial charge in [-0.3, -0.25) is 4.90 Å². The molecule has 0 saturated carbocycles. The number of piperidine rings is 1. The average molecular weight is 343 g/mol. The van der Waals surface area contributed by atoms with Crippen LogP contribution in [0, 0.1) is 11.3 Å². The molecular formula is C18H23N4OS+. The number of hydrogen-bond acceptors (Lipinski definition) is 5. The Kier molecular flexibility index (Phi) is 3.66. The van der Waals surface area contributed by atoms with Gasteiger partial charge in [0.1, 0.15) is 10.9 Å². The molecule has 126 valence electrons. The molecule has 0 spiro atoms. The van der Waals surface area contributed by atoms with Crippen LogP contribution in [0.3, 0.4) is 0 Å². The molecule has 2 aliphatic rings. The van der Waals surface area contributed by atoms with E-state index in [-0.39, 0.29) is 5.60 Å². The summed E-state index contributed by atoms with van der Waals surface area (Å²) in [6.07, 6.45) is 4.57. The van der Waals surface area contributed by atoms with Gasteiger partial charge in [-0.1, -0.05) is 11.3 Å². The van der Waals surface area contributed by atoms with Crippen molar-refractivity contribution < 1.29 is 9.72 Å². The number of thiophene rings is 1. The van der Waals surface area contributed by atoms with E-state index in [4.69, 9.17) is 10.5 Å². The zero-order chi connectivity index (χ0) is 16.9. The van der Waals surface area contributed by atoms with Gasteiger partial charge in [0.05, 0.1) is 41.9 Å². The van der Waals surface area contributed by atoms with Crippen molar-refractivity contribution in [2.45, 2.75) is 51.7 Å². The number of nitrogens with zero attached hydrogens (tertiary/aromatic N) is 2. The number of H-pyrrole nitrogens is 1. The monoisotopic (exact) mass is 343 g/mol. The molecule has 24 heavy (non-hydrogen) atoms. The van der Waals surface area contributed by atoms with E-state index in [0.717, 1.165) is 29.7 Å². The minimum absolute atomic E-state index is 0.207. The molecule has 3 N–H and O–H groups in total. The Hall–Kier alpha value is -1.84. The predicted octanol–water partition coefficient (Wildman–Crippen LogP) is 3.01. The zero-order valence-corrected chi connectivity index (χ0v) is 15.1. The highest BCUT2D eigenvalue weighted by Gasteiger charge is 2.36. The second-order valence-corrected chi connectivity index (χ2v) is 8.38. The van der Waals surface area contributed by atoms with E-state index < -0.39 is 0 Å². The third kappa shape index (κ3) is 2.43. The third-order valence-corrected chi connectivity index (χ3v) is 6.14. The van der Waals surface area contributed by atoms with E-state index in [9.17, 15) is 5.26 Å². The lowest BCUT2D eigenvalue weighted by atomic mass is 9.89. The zero-order valence-electron chi connectivity index (χ0n) is 14.2. The topological polar surface area (TPSA) is 76.4 Å². The summed E-state index contributed by atoms with van der Waals surface area (Å²) in [6, 6.07) is 2.24. The minimum atomic E-state index is -0.207. The standard InChI is InChI=1S/C18H22N4OS/c1-18(2)8-11-12(10-23-18)16(22-6-4-3-5-7-22)21-17-14(11)15(20)13(9-19)24-17/h3-8,10,20H2,1-2H3/p+1. The molecule has 1 fully saturated rings. The first-order valence-corrected chi connectivity index (χ1v) is 9.40. The van der Waals surface area contributed by atoms with Gasteiger partial charge in [-0.15, -0.1) is 0 Å². The number of fused-ring (bicyclic) bond motifs is 3. The number of ether oxygens (including phenoxy) is 1. The second kappa shape index (κ2) is 5.61. The first-order valence-electron chi connectivity index (χ1n) is 8.58. The van der Waals surface area contributed by atoms with Crippen LogP contribution in [-0.4, -0.2) is 18.7 Å². The van der Waals surface area contributed by atoms with Crippen molar-refractivity contribution in [3.8, 4) is 6.07 Å². The Morgan fingerprint density at radius 1 is 1.25 bits per heavy atom. The highest BCUT2D eigenvalue weighted by atomic mass is 32.1. The van der Waals surface area contributed by atoms with Crippen molar-refractivity contribution in [2.24, 2.45) is 0 Å². The molecule has 0 amide bonds. The summed E-state index contributed by atoms with van der Waals surface area (Å²) in [5.41, 5.74) is 9.20. The molecule has 1 saturated heterocycles. The van der Waals surface area contributed by atoms with E-state index in [1.165, 1.54) is 47.5 Å². The predicted molar refractivity (Wildman–Crippen MR) is 96.1 cm³/mol. The van der Waals surface area contributed by atoms with Gasteiger partial charge in [0, 0.05) is 6.42 Å². The molecule has 0 unspecified atom stereocenters. The number of hydrogen-bond donors (Lipinski definition) is 1. The maximum Gasteiger partial charge on any atom is 0.281 e. The quantitative estimate of drug-likeness (QED) is 0.863. The maximum absolute atomic E-state index is 9.38. The van der Waals surface area contributed by atoms with Gasteiger partial charge in [0.15, 0.2) is 4.83 Å². The summed E-state index contributed by atoms with van der Waals surface area (Å²) in [7, 11) is 0. The molecule has 0 aromatic carbocycles. The molecule has 2 aromatic rings. The van der Waals surface area contributed by atoms with E-state index in [2.05, 4.69) is 29.8 Å². The fourth-order valence-corrected chi connectivity index (χ4v) is 4.82. The molecule has 0 atom stereocenters. The van der Waals surface area contributed by atoms with Crippen LogP contribution in [0.25, 0.3) is 10.2 Å². The van der Waals surface area contributed by atoms with E-state index >= 15 is 0 Å². The molecule has 5 nitrogen and oxygen atoms in total. The summed E-state index contributed by atoms with van der Waals surface area (Å²) in [6.45, 7) is 6.98. The molecule has 6 heteroatoms. The van der Waals surface area contributed by atoms with E-state index in [1.807, 2.05) is 0 Å². The largest absolute Gasteiger partial charge is 0.396 e. The Labute approximate surface area is 146 Å². The molecule has 0 aliphatic carbocycles. The summed E-state index contributed by atoms with van der Waals surface area (Å²) < 4.78 is 6.10. The van der Waals surface area contributed by atoms with Crippen molar-refractivity contribution in [3.05, 3.63) is 16.0 Å².